The molecule has 0 spiro atoms. The maximum absolute atomic E-state index is 14.3. The summed E-state index contributed by atoms with van der Waals surface area (Å²) in [5.74, 6) is -0.409. The summed E-state index contributed by atoms with van der Waals surface area (Å²) in [6.07, 6.45) is 5.36. The number of pyridine rings is 1. The average Bonchev–Trinajstić information content (AvgIpc) is 3.74. The Morgan fingerprint density at radius 2 is 1.78 bits per heavy atom. The van der Waals surface area contributed by atoms with E-state index >= 15 is 0 Å². The largest absolute Gasteiger partial charge is 0.444 e. The number of anilines is 1. The van der Waals surface area contributed by atoms with Gasteiger partial charge >= 0.3 is 6.09 Å². The lowest BCUT2D eigenvalue weighted by atomic mass is 9.79. The van der Waals surface area contributed by atoms with E-state index in [1.54, 1.807) is 55.9 Å². The van der Waals surface area contributed by atoms with Gasteiger partial charge in [-0.3, -0.25) is 24.3 Å². The number of aryl methyl sites for hydroxylation is 2. The van der Waals surface area contributed by atoms with Crippen LogP contribution >= 0.6 is 11.3 Å². The van der Waals surface area contributed by atoms with Gasteiger partial charge in [-0.15, -0.1) is 11.3 Å². The van der Waals surface area contributed by atoms with Crippen LogP contribution in [0.1, 0.15) is 66.9 Å². The Hall–Kier alpha value is -5.41. The Balaban J connectivity index is 1.03. The number of hydrogen-bond donors (Lipinski definition) is 2. The molecule has 0 bridgehead atoms. The molecule has 2 N–H and O–H groups in total. The van der Waals surface area contributed by atoms with Crippen molar-refractivity contribution in [1.29, 1.82) is 0 Å². The number of aliphatic hydroxyl groups is 1. The minimum absolute atomic E-state index is 0.0114. The molecule has 55 heavy (non-hydrogen) atoms. The van der Waals surface area contributed by atoms with Gasteiger partial charge in [0.2, 0.25) is 5.91 Å². The van der Waals surface area contributed by atoms with E-state index in [4.69, 9.17) is 9.72 Å². The smallest absolute Gasteiger partial charge is 0.413 e. The fourth-order valence-electron chi connectivity index (χ4n) is 7.52. The number of nitrogens with one attached hydrogen (secondary N) is 1. The van der Waals surface area contributed by atoms with E-state index in [1.165, 1.54) is 22.2 Å². The van der Waals surface area contributed by atoms with Crippen LogP contribution in [0.25, 0.3) is 21.6 Å². The number of rotatable bonds is 7. The summed E-state index contributed by atoms with van der Waals surface area (Å²) in [4.78, 5) is 71.4. The van der Waals surface area contributed by atoms with Crippen LogP contribution in [0.5, 0.6) is 0 Å². The molecule has 0 saturated carbocycles. The zero-order valence-corrected chi connectivity index (χ0v) is 32.5. The van der Waals surface area contributed by atoms with Gasteiger partial charge in [0.15, 0.2) is 0 Å². The van der Waals surface area contributed by atoms with Crippen molar-refractivity contribution < 1.29 is 24.2 Å². The molecule has 0 unspecified atom stereocenters. The Labute approximate surface area is 322 Å². The van der Waals surface area contributed by atoms with Crippen molar-refractivity contribution >= 4 is 46.1 Å². The minimum Gasteiger partial charge on any atom is -0.444 e. The second-order valence-electron chi connectivity index (χ2n) is 15.5. The summed E-state index contributed by atoms with van der Waals surface area (Å²) in [5.41, 5.74) is 0.863. The van der Waals surface area contributed by atoms with Crippen molar-refractivity contribution in [1.82, 2.24) is 33.9 Å². The third kappa shape index (κ3) is 8.17. The summed E-state index contributed by atoms with van der Waals surface area (Å²) < 4.78 is 8.60. The lowest BCUT2D eigenvalue weighted by Gasteiger charge is -2.43. The molecule has 15 heteroatoms. The number of piperidine rings is 2. The highest BCUT2D eigenvalue weighted by Gasteiger charge is 2.42. The van der Waals surface area contributed by atoms with Crippen molar-refractivity contribution in [2.24, 2.45) is 13.0 Å². The zero-order chi connectivity index (χ0) is 39.1. The molecule has 0 radical (unpaired) electrons. The summed E-state index contributed by atoms with van der Waals surface area (Å²) in [5, 5.41) is 15.3. The van der Waals surface area contributed by atoms with Crippen LogP contribution in [-0.2, 0) is 23.1 Å². The van der Waals surface area contributed by atoms with E-state index < -0.39 is 17.3 Å². The average molecular weight is 767 g/mol. The Bertz CT molecular complexity index is 2290. The van der Waals surface area contributed by atoms with Crippen LogP contribution < -0.4 is 10.9 Å². The molecule has 2 aliphatic heterocycles. The van der Waals surface area contributed by atoms with Gasteiger partial charge in [-0.2, -0.15) is 0 Å². The first-order valence-electron chi connectivity index (χ1n) is 18.5. The summed E-state index contributed by atoms with van der Waals surface area (Å²) >= 11 is 1.28. The van der Waals surface area contributed by atoms with Gasteiger partial charge in [0, 0.05) is 63.0 Å². The number of carbonyl (C=O) groups excluding carboxylic acids is 3. The lowest BCUT2D eigenvalue weighted by molar-refractivity contribution is -0.142. The van der Waals surface area contributed by atoms with Gasteiger partial charge in [-0.1, -0.05) is 30.3 Å². The highest BCUT2D eigenvalue weighted by atomic mass is 32.1. The molecule has 2 saturated heterocycles. The maximum atomic E-state index is 14.3. The van der Waals surface area contributed by atoms with Crippen LogP contribution in [0.15, 0.2) is 72.0 Å². The first kappa shape index (κ1) is 37.9. The van der Waals surface area contributed by atoms with Gasteiger partial charge < -0.3 is 24.2 Å². The summed E-state index contributed by atoms with van der Waals surface area (Å²) in [6.45, 7) is 8.74. The van der Waals surface area contributed by atoms with Crippen molar-refractivity contribution in [3.05, 3.63) is 93.7 Å². The fraction of sp³-hybridized carbons (Fsp3) is 0.425. The standard InChI is InChI=1S/C40H46N8O6S/c1-25-32(55-34(43-25)27-11-16-41-31(21-27)44-38(52)54-39(2,3)4)37(51)47-18-13-28(30(22-47)26-9-7-6-8-10-26)35(49)46-19-14-40(53,15-20-46)23-48-24-42-33-29(36(48)50)12-17-45(33)5/h6-12,16-17,21,24,28,30,53H,13-15,18-20,22-23H2,1-5H3,(H,41,44,52)/t28-,30+/m1/s1. The SMILES string of the molecule is Cc1nc(-c2ccnc(NC(=O)OC(C)(C)C)c2)sc1C(=O)N1CC[C@@H](C(=O)N2CCC(O)(Cn3cnc4c(ccn4C)c3=O)CC2)[C@H](c2ccccc2)C1. The van der Waals surface area contributed by atoms with Crippen molar-refractivity contribution in [2.75, 3.05) is 31.5 Å². The molecule has 0 aliphatic carbocycles. The second kappa shape index (κ2) is 15.0. The van der Waals surface area contributed by atoms with Gasteiger partial charge in [0.05, 0.1) is 23.2 Å². The number of amides is 3. The van der Waals surface area contributed by atoms with Gasteiger partial charge in [0.1, 0.15) is 33.3 Å². The van der Waals surface area contributed by atoms with Crippen LogP contribution in [0, 0.1) is 12.8 Å². The predicted molar refractivity (Wildman–Crippen MR) is 209 cm³/mol. The number of thiazole rings is 1. The molecule has 4 aromatic heterocycles. The summed E-state index contributed by atoms with van der Waals surface area (Å²) in [6, 6.07) is 15.0. The Morgan fingerprint density at radius 1 is 1.04 bits per heavy atom. The minimum atomic E-state index is -1.16. The van der Waals surface area contributed by atoms with Gasteiger partial charge in [0.25, 0.3) is 11.5 Å². The van der Waals surface area contributed by atoms with Crippen molar-refractivity contribution in [3.8, 4) is 10.6 Å². The molecule has 5 aromatic rings. The van der Waals surface area contributed by atoms with E-state index in [1.807, 2.05) is 54.1 Å². The monoisotopic (exact) mass is 766 g/mol. The zero-order valence-electron chi connectivity index (χ0n) is 31.7. The fourth-order valence-corrected chi connectivity index (χ4v) is 8.55. The lowest BCUT2D eigenvalue weighted by Crippen LogP contribution is -2.53. The van der Waals surface area contributed by atoms with Gasteiger partial charge in [-0.05, 0) is 70.7 Å². The first-order valence-corrected chi connectivity index (χ1v) is 19.3. The van der Waals surface area contributed by atoms with Crippen molar-refractivity contribution in [3.63, 3.8) is 0 Å². The van der Waals surface area contributed by atoms with Crippen LogP contribution in [0.2, 0.25) is 0 Å². The number of hydrogen-bond acceptors (Lipinski definition) is 10. The van der Waals surface area contributed by atoms with E-state index in [0.717, 1.165) is 5.56 Å². The second-order valence-corrected chi connectivity index (χ2v) is 16.5. The normalized spacial score (nSPS) is 18.7. The molecule has 3 amide bonds. The molecule has 2 aliphatic rings. The third-order valence-electron chi connectivity index (χ3n) is 10.4. The predicted octanol–water partition coefficient (Wildman–Crippen LogP) is 5.21. The molecule has 1 aromatic carbocycles. The number of likely N-dealkylation sites (tertiary alicyclic amines) is 2. The van der Waals surface area contributed by atoms with E-state index in [-0.39, 0.29) is 35.8 Å². The molecule has 14 nitrogen and oxygen atoms in total. The van der Waals surface area contributed by atoms with Crippen molar-refractivity contribution in [2.45, 2.75) is 70.6 Å². The number of carbonyl (C=O) groups is 3. The third-order valence-corrected chi connectivity index (χ3v) is 11.6. The van der Waals surface area contributed by atoms with Crippen LogP contribution in [0.4, 0.5) is 10.6 Å². The molecular formula is C40H46N8O6S. The molecule has 288 valence electrons. The molecular weight excluding hydrogens is 721 g/mol. The molecule has 2 atom stereocenters. The van der Waals surface area contributed by atoms with Gasteiger partial charge in [-0.25, -0.2) is 19.7 Å². The quantitative estimate of drug-likeness (QED) is 0.226. The molecule has 2 fully saturated rings. The molecule has 7 rings (SSSR count). The number of aromatic nitrogens is 5. The topological polar surface area (TPSA) is 165 Å². The number of fused-ring (bicyclic) bond motifs is 1. The van der Waals surface area contributed by atoms with E-state index in [2.05, 4.69) is 15.3 Å². The number of nitrogens with zero attached hydrogens (tertiary/aromatic N) is 7. The number of benzene rings is 1. The van der Waals surface area contributed by atoms with E-state index in [0.29, 0.717) is 83.4 Å². The number of ether oxygens (including phenoxy) is 1. The summed E-state index contributed by atoms with van der Waals surface area (Å²) in [7, 11) is 1.83. The van der Waals surface area contributed by atoms with Crippen LogP contribution in [-0.4, -0.2) is 94.3 Å². The first-order chi connectivity index (χ1) is 26.2. The maximum Gasteiger partial charge on any atom is 0.413 e. The highest BCUT2D eigenvalue weighted by Crippen LogP contribution is 2.37. The molecule has 6 heterocycles. The Kier molecular flexibility index (Phi) is 10.3. The Morgan fingerprint density at radius 3 is 2.51 bits per heavy atom. The van der Waals surface area contributed by atoms with E-state index in [9.17, 15) is 24.3 Å². The van der Waals surface area contributed by atoms with Crippen LogP contribution in [0.3, 0.4) is 0 Å². The highest BCUT2D eigenvalue weighted by molar-refractivity contribution is 7.17.